The van der Waals surface area contributed by atoms with Gasteiger partial charge in [-0.1, -0.05) is 44.2 Å². The van der Waals surface area contributed by atoms with Gasteiger partial charge in [-0.3, -0.25) is 0 Å². The fourth-order valence-electron chi connectivity index (χ4n) is 2.37. The van der Waals surface area contributed by atoms with Crippen LogP contribution < -0.4 is 0 Å². The highest BCUT2D eigenvalue weighted by Gasteiger charge is 2.05. The van der Waals surface area contributed by atoms with Crippen LogP contribution in [0.5, 0.6) is 0 Å². The number of fused-ring (bicyclic) bond motifs is 1. The third-order valence-electron chi connectivity index (χ3n) is 3.27. The maximum atomic E-state index is 2.26. The average molecular weight is 198 g/mol. The van der Waals surface area contributed by atoms with Crippen molar-refractivity contribution in [3.05, 3.63) is 47.0 Å². The van der Waals surface area contributed by atoms with E-state index < -0.39 is 0 Å². The smallest absolute Gasteiger partial charge is 0.0120 e. The molecule has 0 heteroatoms. The Balaban J connectivity index is 2.82. The maximum absolute atomic E-state index is 2.26. The van der Waals surface area contributed by atoms with Gasteiger partial charge in [0.2, 0.25) is 0 Å². The SMILES string of the molecule is CCc1ccc2cccc(CC)c2c1C. The summed E-state index contributed by atoms with van der Waals surface area (Å²) in [5.41, 5.74) is 4.41. The Bertz CT molecular complexity index is 481. The van der Waals surface area contributed by atoms with E-state index in [1.807, 2.05) is 0 Å². The molecule has 0 aliphatic rings. The van der Waals surface area contributed by atoms with Crippen LogP contribution in [0, 0.1) is 6.92 Å². The maximum Gasteiger partial charge on any atom is -0.0120 e. The second kappa shape index (κ2) is 4.06. The molecule has 0 bridgehead atoms. The number of rotatable bonds is 2. The Kier molecular flexibility index (Phi) is 2.77. The van der Waals surface area contributed by atoms with Crippen molar-refractivity contribution in [1.29, 1.82) is 0 Å². The Morgan fingerprint density at radius 2 is 1.60 bits per heavy atom. The predicted octanol–water partition coefficient (Wildman–Crippen LogP) is 4.27. The van der Waals surface area contributed by atoms with E-state index in [2.05, 4.69) is 51.1 Å². The van der Waals surface area contributed by atoms with Crippen LogP contribution in [0.2, 0.25) is 0 Å². The highest BCUT2D eigenvalue weighted by molar-refractivity contribution is 5.89. The normalized spacial score (nSPS) is 10.9. The molecule has 0 saturated heterocycles. The summed E-state index contributed by atoms with van der Waals surface area (Å²) in [5.74, 6) is 0. The largest absolute Gasteiger partial charge is 0.0614 e. The summed E-state index contributed by atoms with van der Waals surface area (Å²) in [6.45, 7) is 6.70. The fourth-order valence-corrected chi connectivity index (χ4v) is 2.37. The molecule has 0 amide bonds. The summed E-state index contributed by atoms with van der Waals surface area (Å²) in [4.78, 5) is 0. The lowest BCUT2D eigenvalue weighted by Crippen LogP contribution is -1.92. The summed E-state index contributed by atoms with van der Waals surface area (Å²) in [6.07, 6.45) is 2.24. The van der Waals surface area contributed by atoms with Crippen LogP contribution in [-0.2, 0) is 12.8 Å². The molecule has 15 heavy (non-hydrogen) atoms. The molecule has 2 aromatic rings. The molecule has 0 fully saturated rings. The quantitative estimate of drug-likeness (QED) is 0.676. The van der Waals surface area contributed by atoms with E-state index in [0.29, 0.717) is 0 Å². The van der Waals surface area contributed by atoms with Crippen LogP contribution in [0.15, 0.2) is 30.3 Å². The van der Waals surface area contributed by atoms with Crippen molar-refractivity contribution < 1.29 is 0 Å². The first-order valence-corrected chi connectivity index (χ1v) is 5.78. The van der Waals surface area contributed by atoms with Gasteiger partial charge in [0.05, 0.1) is 0 Å². The Labute approximate surface area is 91.9 Å². The molecule has 0 radical (unpaired) electrons. The Morgan fingerprint density at radius 3 is 2.27 bits per heavy atom. The van der Waals surface area contributed by atoms with Crippen molar-refractivity contribution in [2.45, 2.75) is 33.6 Å². The predicted molar refractivity (Wildman–Crippen MR) is 67.4 cm³/mol. The highest BCUT2D eigenvalue weighted by Crippen LogP contribution is 2.26. The van der Waals surface area contributed by atoms with Crippen molar-refractivity contribution in [1.82, 2.24) is 0 Å². The summed E-state index contributed by atoms with van der Waals surface area (Å²) in [7, 11) is 0. The van der Waals surface area contributed by atoms with Crippen LogP contribution in [0.4, 0.5) is 0 Å². The lowest BCUT2D eigenvalue weighted by Gasteiger charge is -2.11. The van der Waals surface area contributed by atoms with Gasteiger partial charge in [-0.2, -0.15) is 0 Å². The fraction of sp³-hybridized carbons (Fsp3) is 0.333. The van der Waals surface area contributed by atoms with Crippen LogP contribution in [0.1, 0.15) is 30.5 Å². The van der Waals surface area contributed by atoms with E-state index in [-0.39, 0.29) is 0 Å². The molecule has 0 aromatic heterocycles. The number of aryl methyl sites for hydroxylation is 3. The van der Waals surface area contributed by atoms with Crippen LogP contribution in [-0.4, -0.2) is 0 Å². The van der Waals surface area contributed by atoms with E-state index in [9.17, 15) is 0 Å². The number of benzene rings is 2. The van der Waals surface area contributed by atoms with E-state index in [1.165, 1.54) is 27.5 Å². The second-order valence-corrected chi connectivity index (χ2v) is 4.07. The van der Waals surface area contributed by atoms with Gasteiger partial charge in [-0.05, 0) is 47.2 Å². The first-order valence-electron chi connectivity index (χ1n) is 5.78. The van der Waals surface area contributed by atoms with Crippen LogP contribution in [0.3, 0.4) is 0 Å². The zero-order valence-corrected chi connectivity index (χ0v) is 9.80. The third-order valence-corrected chi connectivity index (χ3v) is 3.27. The molecule has 0 atom stereocenters. The first-order chi connectivity index (χ1) is 7.27. The van der Waals surface area contributed by atoms with Gasteiger partial charge in [0.15, 0.2) is 0 Å². The van der Waals surface area contributed by atoms with Gasteiger partial charge in [0.25, 0.3) is 0 Å². The van der Waals surface area contributed by atoms with Crippen molar-refractivity contribution in [2.24, 2.45) is 0 Å². The molecule has 0 aliphatic heterocycles. The topological polar surface area (TPSA) is 0 Å². The molecule has 78 valence electrons. The van der Waals surface area contributed by atoms with Crippen molar-refractivity contribution in [3.8, 4) is 0 Å². The van der Waals surface area contributed by atoms with Gasteiger partial charge in [0, 0.05) is 0 Å². The molecule has 0 nitrogen and oxygen atoms in total. The molecular formula is C15H18. The molecule has 0 unspecified atom stereocenters. The molecule has 0 saturated carbocycles. The zero-order valence-electron chi connectivity index (χ0n) is 9.80. The van der Waals surface area contributed by atoms with Crippen molar-refractivity contribution >= 4 is 10.8 Å². The van der Waals surface area contributed by atoms with Crippen molar-refractivity contribution in [3.63, 3.8) is 0 Å². The molecule has 0 aliphatic carbocycles. The van der Waals surface area contributed by atoms with E-state index in [4.69, 9.17) is 0 Å². The summed E-state index contributed by atoms with van der Waals surface area (Å²) < 4.78 is 0. The molecule has 2 aromatic carbocycles. The minimum absolute atomic E-state index is 1.12. The van der Waals surface area contributed by atoms with Gasteiger partial charge in [-0.15, -0.1) is 0 Å². The Hall–Kier alpha value is -1.30. The third kappa shape index (κ3) is 1.65. The number of hydrogen-bond donors (Lipinski definition) is 0. The van der Waals surface area contributed by atoms with E-state index >= 15 is 0 Å². The van der Waals surface area contributed by atoms with Crippen LogP contribution >= 0.6 is 0 Å². The monoisotopic (exact) mass is 198 g/mol. The highest BCUT2D eigenvalue weighted by atomic mass is 14.1. The summed E-state index contributed by atoms with van der Waals surface area (Å²) in [5, 5.41) is 2.85. The van der Waals surface area contributed by atoms with Gasteiger partial charge >= 0.3 is 0 Å². The molecule has 2 rings (SSSR count). The minimum Gasteiger partial charge on any atom is -0.0614 e. The van der Waals surface area contributed by atoms with Gasteiger partial charge in [0.1, 0.15) is 0 Å². The number of hydrogen-bond acceptors (Lipinski definition) is 0. The lowest BCUT2D eigenvalue weighted by molar-refractivity contribution is 1.11. The van der Waals surface area contributed by atoms with Gasteiger partial charge in [-0.25, -0.2) is 0 Å². The van der Waals surface area contributed by atoms with Crippen molar-refractivity contribution in [2.75, 3.05) is 0 Å². The minimum atomic E-state index is 1.12. The molecule has 0 spiro atoms. The van der Waals surface area contributed by atoms with Crippen LogP contribution in [0.25, 0.3) is 10.8 Å². The first kappa shape index (κ1) is 10.2. The van der Waals surface area contributed by atoms with E-state index in [1.54, 1.807) is 0 Å². The molecule has 0 N–H and O–H groups in total. The standard InChI is InChI=1S/C15H18/c1-4-12-9-10-14-8-6-7-13(5-2)15(14)11(12)3/h6-10H,4-5H2,1-3H3. The molecular weight excluding hydrogens is 180 g/mol. The summed E-state index contributed by atoms with van der Waals surface area (Å²) in [6, 6.07) is 11.1. The zero-order chi connectivity index (χ0) is 10.8. The lowest BCUT2D eigenvalue weighted by atomic mass is 9.94. The Morgan fingerprint density at radius 1 is 0.867 bits per heavy atom. The summed E-state index contributed by atoms with van der Waals surface area (Å²) >= 11 is 0. The van der Waals surface area contributed by atoms with Gasteiger partial charge < -0.3 is 0 Å². The van der Waals surface area contributed by atoms with E-state index in [0.717, 1.165) is 12.8 Å². The second-order valence-electron chi connectivity index (χ2n) is 4.07. The molecule has 0 heterocycles. The average Bonchev–Trinajstić information content (AvgIpc) is 2.29.